The van der Waals surface area contributed by atoms with Crippen LogP contribution >= 0.6 is 11.6 Å². The van der Waals surface area contributed by atoms with E-state index < -0.39 is 0 Å². The summed E-state index contributed by atoms with van der Waals surface area (Å²) in [4.78, 5) is 31.3. The molecular formula is C21H19ClN4O2. The number of hydrogen-bond acceptors (Lipinski definition) is 3. The molecule has 2 N–H and O–H groups in total. The van der Waals surface area contributed by atoms with Crippen LogP contribution < -0.4 is 16.1 Å². The summed E-state index contributed by atoms with van der Waals surface area (Å²) in [6.07, 6.45) is 1.77. The standard InChI is InChI=1S/C21H19ClN4O2/c1-25-8-7-15(10-20(25)27)13-26(12-14-3-2-4-16(22)9-14)17-5-6-18-19(11-17)24-21(28)23-18/h2-11H,12-13H2,1H3,(H2,23,24,28). The predicted molar refractivity (Wildman–Crippen MR) is 112 cm³/mol. The van der Waals surface area contributed by atoms with Gasteiger partial charge >= 0.3 is 5.69 Å². The normalized spacial score (nSPS) is 11.1. The first-order chi connectivity index (χ1) is 13.5. The highest BCUT2D eigenvalue weighted by atomic mass is 35.5. The average molecular weight is 395 g/mol. The van der Waals surface area contributed by atoms with Gasteiger partial charge in [0.05, 0.1) is 11.0 Å². The van der Waals surface area contributed by atoms with Crippen LogP contribution in [0.3, 0.4) is 0 Å². The number of aryl methyl sites for hydroxylation is 1. The zero-order valence-electron chi connectivity index (χ0n) is 15.3. The molecule has 0 bridgehead atoms. The zero-order chi connectivity index (χ0) is 19.7. The van der Waals surface area contributed by atoms with Crippen molar-refractivity contribution in [1.82, 2.24) is 14.5 Å². The van der Waals surface area contributed by atoms with Crippen molar-refractivity contribution in [3.05, 3.63) is 97.8 Å². The van der Waals surface area contributed by atoms with E-state index in [4.69, 9.17) is 11.6 Å². The Morgan fingerprint density at radius 3 is 2.43 bits per heavy atom. The molecule has 2 aromatic heterocycles. The second-order valence-corrected chi connectivity index (χ2v) is 7.22. The predicted octanol–water partition coefficient (Wildman–Crippen LogP) is 3.42. The summed E-state index contributed by atoms with van der Waals surface area (Å²) in [5, 5.41) is 0.677. The lowest BCUT2D eigenvalue weighted by atomic mass is 10.1. The maximum Gasteiger partial charge on any atom is 0.323 e. The lowest BCUT2D eigenvalue weighted by molar-refractivity contribution is 0.785. The van der Waals surface area contributed by atoms with Crippen molar-refractivity contribution in [3.8, 4) is 0 Å². The summed E-state index contributed by atoms with van der Waals surface area (Å²) in [5.74, 6) is 0. The number of benzene rings is 2. The van der Waals surface area contributed by atoms with Gasteiger partial charge < -0.3 is 19.4 Å². The molecule has 0 unspecified atom stereocenters. The summed E-state index contributed by atoms with van der Waals surface area (Å²) >= 11 is 6.15. The number of nitrogens with zero attached hydrogens (tertiary/aromatic N) is 2. The van der Waals surface area contributed by atoms with Crippen molar-refractivity contribution in [2.24, 2.45) is 7.05 Å². The molecule has 0 fully saturated rings. The summed E-state index contributed by atoms with van der Waals surface area (Å²) in [5.41, 5.74) is 4.11. The molecule has 2 heterocycles. The zero-order valence-corrected chi connectivity index (χ0v) is 16.0. The highest BCUT2D eigenvalue weighted by Gasteiger charge is 2.11. The molecule has 2 aromatic carbocycles. The molecule has 7 heteroatoms. The third kappa shape index (κ3) is 3.87. The highest BCUT2D eigenvalue weighted by molar-refractivity contribution is 6.30. The van der Waals surface area contributed by atoms with Crippen molar-refractivity contribution in [3.63, 3.8) is 0 Å². The number of aromatic amines is 2. The van der Waals surface area contributed by atoms with Gasteiger partial charge in [-0.1, -0.05) is 23.7 Å². The average Bonchev–Trinajstić information content (AvgIpc) is 3.03. The fourth-order valence-corrected chi connectivity index (χ4v) is 3.43. The van der Waals surface area contributed by atoms with E-state index in [1.165, 1.54) is 0 Å². The number of fused-ring (bicyclic) bond motifs is 1. The van der Waals surface area contributed by atoms with E-state index in [-0.39, 0.29) is 11.2 Å². The van der Waals surface area contributed by atoms with E-state index in [1.54, 1.807) is 23.9 Å². The van der Waals surface area contributed by atoms with E-state index in [9.17, 15) is 9.59 Å². The quantitative estimate of drug-likeness (QED) is 0.544. The Balaban J connectivity index is 1.73. The van der Waals surface area contributed by atoms with Gasteiger partial charge in [0.1, 0.15) is 0 Å². The molecule has 142 valence electrons. The molecule has 6 nitrogen and oxygen atoms in total. The second-order valence-electron chi connectivity index (χ2n) is 6.78. The van der Waals surface area contributed by atoms with Crippen molar-refractivity contribution in [1.29, 1.82) is 0 Å². The van der Waals surface area contributed by atoms with Gasteiger partial charge in [-0.25, -0.2) is 4.79 Å². The maximum absolute atomic E-state index is 12.0. The third-order valence-electron chi connectivity index (χ3n) is 4.67. The van der Waals surface area contributed by atoms with Crippen LogP contribution in [0, 0.1) is 0 Å². The Morgan fingerprint density at radius 1 is 0.929 bits per heavy atom. The fourth-order valence-electron chi connectivity index (χ4n) is 3.22. The van der Waals surface area contributed by atoms with E-state index in [0.717, 1.165) is 27.8 Å². The number of pyridine rings is 1. The van der Waals surface area contributed by atoms with Gasteiger partial charge in [0, 0.05) is 43.1 Å². The van der Waals surface area contributed by atoms with Gasteiger partial charge in [0.2, 0.25) is 0 Å². The third-order valence-corrected chi connectivity index (χ3v) is 4.90. The summed E-state index contributed by atoms with van der Waals surface area (Å²) in [6, 6.07) is 17.0. The second kappa shape index (κ2) is 7.40. The van der Waals surface area contributed by atoms with Gasteiger partial charge in [-0.3, -0.25) is 4.79 Å². The number of anilines is 1. The van der Waals surface area contributed by atoms with Crippen LogP contribution in [0.15, 0.2) is 70.4 Å². The van der Waals surface area contributed by atoms with Crippen LogP contribution in [0.5, 0.6) is 0 Å². The van der Waals surface area contributed by atoms with E-state index >= 15 is 0 Å². The summed E-state index contributed by atoms with van der Waals surface area (Å²) in [6.45, 7) is 1.15. The molecule has 28 heavy (non-hydrogen) atoms. The van der Waals surface area contributed by atoms with Crippen molar-refractivity contribution in [2.45, 2.75) is 13.1 Å². The minimum absolute atomic E-state index is 0.0503. The van der Waals surface area contributed by atoms with E-state index in [2.05, 4.69) is 14.9 Å². The molecule has 4 rings (SSSR count). The maximum atomic E-state index is 12.0. The highest BCUT2D eigenvalue weighted by Crippen LogP contribution is 2.24. The van der Waals surface area contributed by atoms with Gasteiger partial charge in [0.25, 0.3) is 5.56 Å². The molecule has 4 aromatic rings. The molecule has 0 atom stereocenters. The first-order valence-electron chi connectivity index (χ1n) is 8.85. The lowest BCUT2D eigenvalue weighted by Gasteiger charge is -2.25. The Morgan fingerprint density at radius 2 is 1.68 bits per heavy atom. The number of imidazole rings is 1. The molecule has 0 saturated carbocycles. The van der Waals surface area contributed by atoms with Crippen LogP contribution in [0.1, 0.15) is 11.1 Å². The minimum Gasteiger partial charge on any atom is -0.363 e. The fraction of sp³-hybridized carbons (Fsp3) is 0.143. The first-order valence-corrected chi connectivity index (χ1v) is 9.23. The van der Waals surface area contributed by atoms with E-state index in [0.29, 0.717) is 18.1 Å². The molecule has 0 aliphatic carbocycles. The summed E-state index contributed by atoms with van der Waals surface area (Å²) in [7, 11) is 1.73. The molecule has 0 saturated heterocycles. The van der Waals surface area contributed by atoms with Crippen LogP contribution in [0.25, 0.3) is 11.0 Å². The number of H-pyrrole nitrogens is 2. The van der Waals surface area contributed by atoms with Gasteiger partial charge in [-0.15, -0.1) is 0 Å². The SMILES string of the molecule is Cn1ccc(CN(Cc2cccc(Cl)c2)c2ccc3[nH]c(=O)[nH]c3c2)cc1=O. The molecule has 0 radical (unpaired) electrons. The van der Waals surface area contributed by atoms with E-state index in [1.807, 2.05) is 48.5 Å². The Labute approximate surface area is 166 Å². The Kier molecular flexibility index (Phi) is 4.79. The van der Waals surface area contributed by atoms with Gasteiger partial charge in [0.15, 0.2) is 0 Å². The van der Waals surface area contributed by atoms with Crippen molar-refractivity contribution < 1.29 is 0 Å². The molecule has 0 amide bonds. The van der Waals surface area contributed by atoms with Gasteiger partial charge in [-0.05, 0) is 47.5 Å². The van der Waals surface area contributed by atoms with Crippen LogP contribution in [0.2, 0.25) is 5.02 Å². The molecule has 0 aliphatic heterocycles. The van der Waals surface area contributed by atoms with Crippen molar-refractivity contribution in [2.75, 3.05) is 4.90 Å². The van der Waals surface area contributed by atoms with Gasteiger partial charge in [-0.2, -0.15) is 0 Å². The monoisotopic (exact) mass is 394 g/mol. The number of hydrogen-bond donors (Lipinski definition) is 2. The largest absolute Gasteiger partial charge is 0.363 e. The number of aromatic nitrogens is 3. The topological polar surface area (TPSA) is 73.9 Å². The molecule has 0 spiro atoms. The summed E-state index contributed by atoms with van der Waals surface area (Å²) < 4.78 is 1.54. The minimum atomic E-state index is -0.236. The number of rotatable bonds is 5. The van der Waals surface area contributed by atoms with Crippen LogP contribution in [-0.2, 0) is 20.1 Å². The molecular weight excluding hydrogens is 376 g/mol. The first kappa shape index (κ1) is 18.1. The van der Waals surface area contributed by atoms with Crippen LogP contribution in [-0.4, -0.2) is 14.5 Å². The smallest absolute Gasteiger partial charge is 0.323 e. The van der Waals surface area contributed by atoms with Crippen LogP contribution in [0.4, 0.5) is 5.69 Å². The Hall–Kier alpha value is -3.25. The lowest BCUT2D eigenvalue weighted by Crippen LogP contribution is -2.24. The Bertz CT molecular complexity index is 1250. The van der Waals surface area contributed by atoms with Crippen molar-refractivity contribution >= 4 is 28.3 Å². The molecule has 0 aliphatic rings. The number of nitrogens with one attached hydrogen (secondary N) is 2. The number of halogens is 1.